The number of fused-ring (bicyclic) bond motifs is 1. The molecule has 0 aliphatic heterocycles. The topological polar surface area (TPSA) is 81.9 Å². The van der Waals surface area contributed by atoms with Gasteiger partial charge in [0.25, 0.3) is 5.56 Å². The van der Waals surface area contributed by atoms with E-state index in [1.165, 1.54) is 10.9 Å². The molecule has 1 N–H and O–H groups in total. The lowest BCUT2D eigenvalue weighted by molar-refractivity contribution is 0.0865. The summed E-state index contributed by atoms with van der Waals surface area (Å²) in [5.74, 6) is 0. The number of nitrogens with one attached hydrogen (secondary N) is 1. The van der Waals surface area contributed by atoms with E-state index in [0.717, 1.165) is 6.04 Å². The van der Waals surface area contributed by atoms with Gasteiger partial charge in [0.15, 0.2) is 11.2 Å². The van der Waals surface area contributed by atoms with Crippen molar-refractivity contribution in [3.63, 3.8) is 0 Å². The van der Waals surface area contributed by atoms with E-state index in [4.69, 9.17) is 4.74 Å². The van der Waals surface area contributed by atoms with Crippen LogP contribution < -0.4 is 11.2 Å². The first-order valence-corrected chi connectivity index (χ1v) is 10.2. The van der Waals surface area contributed by atoms with Crippen molar-refractivity contribution in [2.45, 2.75) is 32.4 Å². The van der Waals surface area contributed by atoms with Crippen LogP contribution in [-0.2, 0) is 18.5 Å². The summed E-state index contributed by atoms with van der Waals surface area (Å²) >= 11 is 0. The molecule has 0 fully saturated rings. The van der Waals surface area contributed by atoms with E-state index >= 15 is 0 Å². The van der Waals surface area contributed by atoms with Crippen LogP contribution in [0.25, 0.3) is 11.2 Å². The number of rotatable bonds is 5. The van der Waals surface area contributed by atoms with Gasteiger partial charge in [-0.2, -0.15) is 0 Å². The third-order valence-corrected chi connectivity index (χ3v) is 4.78. The molecule has 0 aliphatic carbocycles. The normalized spacial score (nSPS) is 12.2. The maximum atomic E-state index is 11.8. The van der Waals surface area contributed by atoms with Crippen molar-refractivity contribution in [2.75, 3.05) is 6.61 Å². The van der Waals surface area contributed by atoms with Crippen molar-refractivity contribution in [3.8, 4) is 0 Å². The zero-order valence-electron chi connectivity index (χ0n) is 12.3. The number of aromatic nitrogens is 4. The summed E-state index contributed by atoms with van der Waals surface area (Å²) in [5.41, 5.74) is -0.190. The fraction of sp³-hybridized carbons (Fsp3) is 0.583. The SMILES string of the molecule is Cn1cnc2c1c(=O)[nH]c(=O)n2COCC[Si](C)(C)C. The standard InChI is InChI=1S/C12H20N4O3Si/c1-15-7-13-10-9(15)11(17)14-12(18)16(10)8-19-5-6-20(2,3)4/h7H,5-6,8H2,1-4H3,(H,14,17,18). The largest absolute Gasteiger partial charge is 0.361 e. The molecule has 0 amide bonds. The molecule has 20 heavy (non-hydrogen) atoms. The van der Waals surface area contributed by atoms with E-state index in [1.54, 1.807) is 11.6 Å². The minimum absolute atomic E-state index is 0.105. The van der Waals surface area contributed by atoms with E-state index in [9.17, 15) is 9.59 Å². The monoisotopic (exact) mass is 296 g/mol. The molecule has 0 aliphatic rings. The molecule has 0 saturated carbocycles. The van der Waals surface area contributed by atoms with E-state index < -0.39 is 19.3 Å². The molecule has 0 spiro atoms. The predicted octanol–water partition coefficient (Wildman–Crippen LogP) is 0.736. The van der Waals surface area contributed by atoms with Crippen molar-refractivity contribution < 1.29 is 4.74 Å². The number of aryl methyl sites for hydroxylation is 1. The van der Waals surface area contributed by atoms with Crippen molar-refractivity contribution >= 4 is 19.2 Å². The predicted molar refractivity (Wildman–Crippen MR) is 79.7 cm³/mol. The summed E-state index contributed by atoms with van der Waals surface area (Å²) in [5, 5.41) is 0. The van der Waals surface area contributed by atoms with Crippen LogP contribution in [-0.4, -0.2) is 33.8 Å². The Kier molecular flexibility index (Phi) is 3.96. The molecule has 2 aromatic rings. The number of ether oxygens (including phenoxy) is 1. The minimum atomic E-state index is -1.16. The Balaban J connectivity index is 2.22. The second-order valence-corrected chi connectivity index (χ2v) is 11.7. The highest BCUT2D eigenvalue weighted by Gasteiger charge is 2.14. The molecule has 7 nitrogen and oxygen atoms in total. The maximum Gasteiger partial charge on any atom is 0.332 e. The molecule has 2 aromatic heterocycles. The van der Waals surface area contributed by atoms with Crippen LogP contribution in [0.5, 0.6) is 0 Å². The molecule has 0 aromatic carbocycles. The fourth-order valence-electron chi connectivity index (χ4n) is 1.85. The summed E-state index contributed by atoms with van der Waals surface area (Å²) in [6, 6.07) is 1.02. The Labute approximate surface area is 117 Å². The molecule has 0 atom stereocenters. The molecule has 2 rings (SSSR count). The van der Waals surface area contributed by atoms with Crippen LogP contribution in [0.1, 0.15) is 0 Å². The number of imidazole rings is 1. The number of nitrogens with zero attached hydrogens (tertiary/aromatic N) is 3. The average molecular weight is 296 g/mol. The Bertz CT molecular complexity index is 723. The van der Waals surface area contributed by atoms with E-state index in [-0.39, 0.29) is 6.73 Å². The summed E-state index contributed by atoms with van der Waals surface area (Å²) in [6.07, 6.45) is 1.51. The molecular formula is C12H20N4O3Si. The number of aromatic amines is 1. The van der Waals surface area contributed by atoms with Crippen molar-refractivity contribution in [2.24, 2.45) is 7.05 Å². The maximum absolute atomic E-state index is 11.8. The van der Waals surface area contributed by atoms with Gasteiger partial charge in [0.1, 0.15) is 6.73 Å². The molecule has 0 saturated heterocycles. The van der Waals surface area contributed by atoms with Gasteiger partial charge in [0.05, 0.1) is 6.33 Å². The zero-order chi connectivity index (χ0) is 14.9. The summed E-state index contributed by atoms with van der Waals surface area (Å²) in [7, 11) is 0.556. The van der Waals surface area contributed by atoms with E-state index in [1.807, 2.05) is 0 Å². The lowest BCUT2D eigenvalue weighted by atomic mass is 10.5. The van der Waals surface area contributed by atoms with Crippen molar-refractivity contribution in [1.82, 2.24) is 19.1 Å². The first-order chi connectivity index (χ1) is 9.29. The van der Waals surface area contributed by atoms with Crippen LogP contribution in [0, 0.1) is 0 Å². The van der Waals surface area contributed by atoms with Crippen LogP contribution in [0.4, 0.5) is 0 Å². The third kappa shape index (κ3) is 3.07. The quantitative estimate of drug-likeness (QED) is 0.651. The highest BCUT2D eigenvalue weighted by Crippen LogP contribution is 2.08. The highest BCUT2D eigenvalue weighted by atomic mass is 28.3. The first-order valence-electron chi connectivity index (χ1n) is 6.51. The molecular weight excluding hydrogens is 276 g/mol. The number of hydrogen-bond donors (Lipinski definition) is 1. The molecule has 8 heteroatoms. The van der Waals surface area contributed by atoms with Gasteiger partial charge in [-0.05, 0) is 6.04 Å². The fourth-order valence-corrected chi connectivity index (χ4v) is 2.61. The van der Waals surface area contributed by atoms with Gasteiger partial charge in [0.2, 0.25) is 0 Å². The minimum Gasteiger partial charge on any atom is -0.361 e. The number of H-pyrrole nitrogens is 1. The van der Waals surface area contributed by atoms with Crippen LogP contribution >= 0.6 is 0 Å². The van der Waals surface area contributed by atoms with Gasteiger partial charge in [-0.25, -0.2) is 9.78 Å². The third-order valence-electron chi connectivity index (χ3n) is 3.07. The lowest BCUT2D eigenvalue weighted by Gasteiger charge is -2.15. The van der Waals surface area contributed by atoms with Gasteiger partial charge < -0.3 is 9.30 Å². The zero-order valence-corrected chi connectivity index (χ0v) is 13.3. The summed E-state index contributed by atoms with van der Waals surface area (Å²) in [6.45, 7) is 7.50. The Morgan fingerprint density at radius 3 is 2.70 bits per heavy atom. The second-order valence-electron chi connectivity index (χ2n) is 6.06. The van der Waals surface area contributed by atoms with E-state index in [0.29, 0.717) is 17.8 Å². The first kappa shape index (κ1) is 14.7. The van der Waals surface area contributed by atoms with Crippen molar-refractivity contribution in [1.29, 1.82) is 0 Å². The van der Waals surface area contributed by atoms with E-state index in [2.05, 4.69) is 29.6 Å². The molecule has 2 heterocycles. The second kappa shape index (κ2) is 5.37. The average Bonchev–Trinajstić information content (AvgIpc) is 2.69. The van der Waals surface area contributed by atoms with Gasteiger partial charge >= 0.3 is 5.69 Å². The molecule has 0 unspecified atom stereocenters. The van der Waals surface area contributed by atoms with Crippen LogP contribution in [0.3, 0.4) is 0 Å². The van der Waals surface area contributed by atoms with Gasteiger partial charge in [0, 0.05) is 21.7 Å². The Morgan fingerprint density at radius 2 is 2.05 bits per heavy atom. The van der Waals surface area contributed by atoms with Crippen LogP contribution in [0.2, 0.25) is 25.7 Å². The smallest absolute Gasteiger partial charge is 0.332 e. The summed E-state index contributed by atoms with van der Waals surface area (Å²) < 4.78 is 8.50. The Hall–Kier alpha value is -1.67. The summed E-state index contributed by atoms with van der Waals surface area (Å²) in [4.78, 5) is 30.0. The van der Waals surface area contributed by atoms with Crippen LogP contribution in [0.15, 0.2) is 15.9 Å². The van der Waals surface area contributed by atoms with Gasteiger partial charge in [-0.1, -0.05) is 19.6 Å². The lowest BCUT2D eigenvalue weighted by Crippen LogP contribution is -2.32. The molecule has 110 valence electrons. The van der Waals surface area contributed by atoms with Gasteiger partial charge in [-0.3, -0.25) is 14.3 Å². The highest BCUT2D eigenvalue weighted by molar-refractivity contribution is 6.76. The van der Waals surface area contributed by atoms with Crippen molar-refractivity contribution in [3.05, 3.63) is 27.2 Å². The molecule has 0 bridgehead atoms. The Morgan fingerprint density at radius 1 is 1.35 bits per heavy atom. The number of hydrogen-bond acceptors (Lipinski definition) is 4. The van der Waals surface area contributed by atoms with Gasteiger partial charge in [-0.15, -0.1) is 0 Å². The molecule has 0 radical (unpaired) electrons.